The minimum atomic E-state index is -0.878. The van der Waals surface area contributed by atoms with Gasteiger partial charge in [0.1, 0.15) is 0 Å². The third kappa shape index (κ3) is 3.20. The Morgan fingerprint density at radius 1 is 1.56 bits per heavy atom. The van der Waals surface area contributed by atoms with E-state index in [0.29, 0.717) is 6.61 Å². The minimum absolute atomic E-state index is 0.00782. The Kier molecular flexibility index (Phi) is 4.29. The predicted molar refractivity (Wildman–Crippen MR) is 58.0 cm³/mol. The number of nitrogens with zero attached hydrogens (tertiary/aromatic N) is 1. The lowest BCUT2D eigenvalue weighted by atomic mass is 10.1. The summed E-state index contributed by atoms with van der Waals surface area (Å²) < 4.78 is 5.33. The first-order valence-corrected chi connectivity index (χ1v) is 5.56. The molecule has 1 amide bonds. The molecule has 0 saturated heterocycles. The first kappa shape index (κ1) is 13.0. The Labute approximate surface area is 95.4 Å². The average molecular weight is 229 g/mol. The molecule has 0 spiro atoms. The molecule has 1 saturated carbocycles. The van der Waals surface area contributed by atoms with Crippen LogP contribution in [-0.2, 0) is 14.3 Å². The van der Waals surface area contributed by atoms with Gasteiger partial charge >= 0.3 is 5.97 Å². The molecule has 1 N–H and O–H groups in total. The van der Waals surface area contributed by atoms with Gasteiger partial charge in [-0.05, 0) is 13.3 Å². The molecule has 92 valence electrons. The Bertz CT molecular complexity index is 279. The van der Waals surface area contributed by atoms with E-state index in [1.807, 2.05) is 6.92 Å². The Hall–Kier alpha value is -1.10. The van der Waals surface area contributed by atoms with Crippen molar-refractivity contribution < 1.29 is 19.4 Å². The number of hydrogen-bond donors (Lipinski definition) is 1. The predicted octanol–water partition coefficient (Wildman–Crippen LogP) is 0.591. The van der Waals surface area contributed by atoms with E-state index < -0.39 is 11.9 Å². The zero-order valence-electron chi connectivity index (χ0n) is 9.97. The summed E-state index contributed by atoms with van der Waals surface area (Å²) in [6, 6.07) is 0. The molecule has 3 atom stereocenters. The van der Waals surface area contributed by atoms with E-state index in [1.165, 1.54) is 4.90 Å². The van der Waals surface area contributed by atoms with E-state index in [2.05, 4.69) is 0 Å². The molecular formula is C11H19NO4. The van der Waals surface area contributed by atoms with Crippen molar-refractivity contribution in [3.05, 3.63) is 0 Å². The highest BCUT2D eigenvalue weighted by Gasteiger charge is 2.45. The van der Waals surface area contributed by atoms with Gasteiger partial charge in [0.2, 0.25) is 5.91 Å². The molecule has 5 heteroatoms. The molecule has 0 aromatic rings. The molecule has 1 fully saturated rings. The van der Waals surface area contributed by atoms with Crippen LogP contribution in [0.1, 0.15) is 20.3 Å². The molecule has 0 heterocycles. The van der Waals surface area contributed by atoms with Gasteiger partial charge in [0, 0.05) is 20.2 Å². The van der Waals surface area contributed by atoms with Crippen LogP contribution in [0, 0.1) is 11.8 Å². The van der Waals surface area contributed by atoms with Crippen LogP contribution in [0.5, 0.6) is 0 Å². The number of ether oxygens (including phenoxy) is 1. The fraction of sp³-hybridized carbons (Fsp3) is 0.818. The summed E-state index contributed by atoms with van der Waals surface area (Å²) >= 11 is 0. The summed E-state index contributed by atoms with van der Waals surface area (Å²) in [6.07, 6.45) is 0.804. The van der Waals surface area contributed by atoms with Gasteiger partial charge in [-0.2, -0.15) is 0 Å². The molecule has 0 aliphatic heterocycles. The summed E-state index contributed by atoms with van der Waals surface area (Å²) in [5, 5.41) is 8.74. The standard InChI is InChI=1S/C11H19NO4/c1-4-16-9-5-8(9)10(13)12(3)6-7(2)11(14)15/h7-9H,4-6H2,1-3H3,(H,14,15). The van der Waals surface area contributed by atoms with Crippen molar-refractivity contribution in [3.8, 4) is 0 Å². The molecule has 0 bridgehead atoms. The van der Waals surface area contributed by atoms with Crippen LogP contribution in [0.4, 0.5) is 0 Å². The lowest BCUT2D eigenvalue weighted by Gasteiger charge is -2.19. The lowest BCUT2D eigenvalue weighted by Crippen LogP contribution is -2.35. The van der Waals surface area contributed by atoms with E-state index in [9.17, 15) is 9.59 Å². The molecule has 0 radical (unpaired) electrons. The van der Waals surface area contributed by atoms with E-state index in [-0.39, 0.29) is 24.5 Å². The SMILES string of the molecule is CCOC1CC1C(=O)N(C)CC(C)C(=O)O. The Balaban J connectivity index is 2.35. The van der Waals surface area contributed by atoms with Gasteiger partial charge < -0.3 is 14.7 Å². The molecule has 5 nitrogen and oxygen atoms in total. The molecule has 3 unspecified atom stereocenters. The van der Waals surface area contributed by atoms with Gasteiger partial charge in [0.05, 0.1) is 17.9 Å². The molecule has 16 heavy (non-hydrogen) atoms. The number of carboxylic acid groups (broad SMARTS) is 1. The number of aliphatic carboxylic acids is 1. The molecule has 1 aliphatic rings. The van der Waals surface area contributed by atoms with Gasteiger partial charge in [0.25, 0.3) is 0 Å². The quantitative estimate of drug-likeness (QED) is 0.724. The summed E-state index contributed by atoms with van der Waals surface area (Å²) in [7, 11) is 1.64. The van der Waals surface area contributed by atoms with E-state index >= 15 is 0 Å². The van der Waals surface area contributed by atoms with Crippen LogP contribution in [0.3, 0.4) is 0 Å². The van der Waals surface area contributed by atoms with Crippen LogP contribution < -0.4 is 0 Å². The Morgan fingerprint density at radius 2 is 2.19 bits per heavy atom. The second kappa shape index (κ2) is 5.30. The van der Waals surface area contributed by atoms with E-state index in [0.717, 1.165) is 6.42 Å². The zero-order chi connectivity index (χ0) is 12.3. The highest BCUT2D eigenvalue weighted by atomic mass is 16.5. The number of carbonyl (C=O) groups is 2. The second-order valence-corrected chi connectivity index (χ2v) is 4.29. The summed E-state index contributed by atoms with van der Waals surface area (Å²) in [6.45, 7) is 4.36. The average Bonchev–Trinajstić information content (AvgIpc) is 2.96. The monoisotopic (exact) mass is 229 g/mol. The number of rotatable bonds is 6. The van der Waals surface area contributed by atoms with Crippen molar-refractivity contribution in [2.75, 3.05) is 20.2 Å². The second-order valence-electron chi connectivity index (χ2n) is 4.29. The van der Waals surface area contributed by atoms with Gasteiger partial charge in [-0.3, -0.25) is 9.59 Å². The van der Waals surface area contributed by atoms with Crippen LogP contribution in [0.25, 0.3) is 0 Å². The smallest absolute Gasteiger partial charge is 0.308 e. The highest BCUT2D eigenvalue weighted by Crippen LogP contribution is 2.35. The van der Waals surface area contributed by atoms with Crippen LogP contribution >= 0.6 is 0 Å². The largest absolute Gasteiger partial charge is 0.481 e. The minimum Gasteiger partial charge on any atom is -0.481 e. The fourth-order valence-corrected chi connectivity index (χ4v) is 1.69. The van der Waals surface area contributed by atoms with Gasteiger partial charge in [-0.15, -0.1) is 0 Å². The fourth-order valence-electron chi connectivity index (χ4n) is 1.69. The molecule has 0 aromatic carbocycles. The third-order valence-corrected chi connectivity index (χ3v) is 2.78. The van der Waals surface area contributed by atoms with Crippen molar-refractivity contribution in [1.29, 1.82) is 0 Å². The summed E-state index contributed by atoms with van der Waals surface area (Å²) in [5.74, 6) is -1.48. The summed E-state index contributed by atoms with van der Waals surface area (Å²) in [4.78, 5) is 23.9. The van der Waals surface area contributed by atoms with Crippen molar-refractivity contribution in [1.82, 2.24) is 4.90 Å². The lowest BCUT2D eigenvalue weighted by molar-refractivity contribution is -0.143. The molecule has 1 rings (SSSR count). The number of carboxylic acids is 1. The van der Waals surface area contributed by atoms with Gasteiger partial charge in [-0.1, -0.05) is 6.92 Å². The van der Waals surface area contributed by atoms with Crippen LogP contribution in [0.15, 0.2) is 0 Å². The zero-order valence-corrected chi connectivity index (χ0v) is 9.97. The van der Waals surface area contributed by atoms with Crippen molar-refractivity contribution in [3.63, 3.8) is 0 Å². The number of amides is 1. The maximum absolute atomic E-state index is 11.8. The van der Waals surface area contributed by atoms with Crippen LogP contribution in [0.2, 0.25) is 0 Å². The van der Waals surface area contributed by atoms with Crippen molar-refractivity contribution in [2.45, 2.75) is 26.4 Å². The first-order chi connectivity index (χ1) is 7.47. The molecule has 0 aromatic heterocycles. The van der Waals surface area contributed by atoms with Gasteiger partial charge in [-0.25, -0.2) is 0 Å². The highest BCUT2D eigenvalue weighted by molar-refractivity contribution is 5.82. The maximum Gasteiger partial charge on any atom is 0.308 e. The van der Waals surface area contributed by atoms with E-state index in [4.69, 9.17) is 9.84 Å². The topological polar surface area (TPSA) is 66.8 Å². The number of carbonyl (C=O) groups excluding carboxylic acids is 1. The van der Waals surface area contributed by atoms with Crippen LogP contribution in [-0.4, -0.2) is 48.2 Å². The third-order valence-electron chi connectivity index (χ3n) is 2.78. The maximum atomic E-state index is 11.8. The molecular weight excluding hydrogens is 210 g/mol. The Morgan fingerprint density at radius 3 is 2.69 bits per heavy atom. The van der Waals surface area contributed by atoms with Crippen molar-refractivity contribution in [2.24, 2.45) is 11.8 Å². The van der Waals surface area contributed by atoms with Crippen molar-refractivity contribution >= 4 is 11.9 Å². The normalized spacial score (nSPS) is 24.9. The first-order valence-electron chi connectivity index (χ1n) is 5.56. The summed E-state index contributed by atoms with van der Waals surface area (Å²) in [5.41, 5.74) is 0. The molecule has 1 aliphatic carbocycles. The van der Waals surface area contributed by atoms with Gasteiger partial charge in [0.15, 0.2) is 0 Å². The number of hydrogen-bond acceptors (Lipinski definition) is 3. The van der Waals surface area contributed by atoms with E-state index in [1.54, 1.807) is 14.0 Å².